The highest BCUT2D eigenvalue weighted by atomic mass is 16.5. The second-order valence-electron chi connectivity index (χ2n) is 5.35. The molecule has 2 rings (SSSR count). The Balaban J connectivity index is 2.05. The first-order chi connectivity index (χ1) is 9.68. The van der Waals surface area contributed by atoms with E-state index in [0.29, 0.717) is 6.54 Å². The fourth-order valence-corrected chi connectivity index (χ4v) is 2.32. The van der Waals surface area contributed by atoms with Gasteiger partial charge in [0.25, 0.3) is 0 Å². The van der Waals surface area contributed by atoms with E-state index in [-0.39, 0.29) is 17.9 Å². The Kier molecular flexibility index (Phi) is 5.49. The molecule has 1 amide bonds. The van der Waals surface area contributed by atoms with Crippen molar-refractivity contribution in [3.8, 4) is 0 Å². The molecule has 0 radical (unpaired) electrons. The molecule has 1 N–H and O–H groups in total. The highest BCUT2D eigenvalue weighted by Gasteiger charge is 2.23. The fraction of sp³-hybridized carbons (Fsp3) is 0.600. The predicted octanol–water partition coefficient (Wildman–Crippen LogP) is 1.23. The number of hydrogen-bond donors (Lipinski definition) is 1. The van der Waals surface area contributed by atoms with Gasteiger partial charge in [-0.1, -0.05) is 19.9 Å². The van der Waals surface area contributed by atoms with Crippen LogP contribution in [-0.4, -0.2) is 48.6 Å². The third kappa shape index (κ3) is 4.02. The minimum Gasteiger partial charge on any atom is -0.379 e. The van der Waals surface area contributed by atoms with Gasteiger partial charge in [-0.25, -0.2) is 0 Å². The molecule has 1 aromatic heterocycles. The summed E-state index contributed by atoms with van der Waals surface area (Å²) in [5, 5.41) is 3.03. The summed E-state index contributed by atoms with van der Waals surface area (Å²) in [7, 11) is 0. The van der Waals surface area contributed by atoms with Crippen molar-refractivity contribution in [2.75, 3.05) is 32.8 Å². The van der Waals surface area contributed by atoms with E-state index in [1.54, 1.807) is 6.20 Å². The molecular formula is C15H23N3O2. The van der Waals surface area contributed by atoms with Crippen molar-refractivity contribution in [3.05, 3.63) is 30.1 Å². The summed E-state index contributed by atoms with van der Waals surface area (Å²) in [4.78, 5) is 18.3. The van der Waals surface area contributed by atoms with Gasteiger partial charge in [-0.3, -0.25) is 14.7 Å². The van der Waals surface area contributed by atoms with Gasteiger partial charge in [0.05, 0.1) is 19.3 Å². The molecule has 1 fully saturated rings. The highest BCUT2D eigenvalue weighted by molar-refractivity contribution is 5.77. The van der Waals surface area contributed by atoms with Crippen molar-refractivity contribution >= 4 is 5.91 Å². The molecule has 2 heterocycles. The molecule has 0 spiro atoms. The Morgan fingerprint density at radius 2 is 2.20 bits per heavy atom. The van der Waals surface area contributed by atoms with Gasteiger partial charge in [-0.15, -0.1) is 0 Å². The third-order valence-corrected chi connectivity index (χ3v) is 3.55. The molecule has 1 aromatic rings. The topological polar surface area (TPSA) is 54.5 Å². The van der Waals surface area contributed by atoms with Gasteiger partial charge in [-0.2, -0.15) is 0 Å². The van der Waals surface area contributed by atoms with Crippen LogP contribution in [0.4, 0.5) is 0 Å². The van der Waals surface area contributed by atoms with Gasteiger partial charge in [0.15, 0.2) is 0 Å². The average molecular weight is 277 g/mol. The number of carbonyl (C=O) groups is 1. The first kappa shape index (κ1) is 14.9. The second kappa shape index (κ2) is 7.36. The van der Waals surface area contributed by atoms with E-state index < -0.39 is 0 Å². The Labute approximate surface area is 120 Å². The highest BCUT2D eigenvalue weighted by Crippen LogP contribution is 2.20. The summed E-state index contributed by atoms with van der Waals surface area (Å²) in [6.07, 6.45) is 3.65. The SMILES string of the molecule is CC(C)C(=O)NCC(c1cccnc1)N1CCOCC1. The normalized spacial score (nSPS) is 17.9. The van der Waals surface area contributed by atoms with E-state index >= 15 is 0 Å². The lowest BCUT2D eigenvalue weighted by Gasteiger charge is -2.34. The largest absolute Gasteiger partial charge is 0.379 e. The molecular weight excluding hydrogens is 254 g/mol. The molecule has 5 heteroatoms. The maximum atomic E-state index is 11.8. The zero-order valence-electron chi connectivity index (χ0n) is 12.2. The predicted molar refractivity (Wildman–Crippen MR) is 77.2 cm³/mol. The van der Waals surface area contributed by atoms with Crippen LogP contribution in [0.5, 0.6) is 0 Å². The van der Waals surface area contributed by atoms with Crippen LogP contribution in [0.1, 0.15) is 25.5 Å². The van der Waals surface area contributed by atoms with Crippen molar-refractivity contribution in [3.63, 3.8) is 0 Å². The summed E-state index contributed by atoms with van der Waals surface area (Å²) in [5.41, 5.74) is 1.14. The zero-order valence-corrected chi connectivity index (χ0v) is 12.2. The average Bonchev–Trinajstić information content (AvgIpc) is 2.49. The molecule has 1 aliphatic heterocycles. The van der Waals surface area contributed by atoms with E-state index in [0.717, 1.165) is 31.9 Å². The van der Waals surface area contributed by atoms with Crippen LogP contribution in [-0.2, 0) is 9.53 Å². The molecule has 0 saturated carbocycles. The number of rotatable bonds is 5. The van der Waals surface area contributed by atoms with Gasteiger partial charge < -0.3 is 10.1 Å². The number of aromatic nitrogens is 1. The summed E-state index contributed by atoms with van der Waals surface area (Å²) in [6.45, 7) is 7.69. The molecule has 1 saturated heterocycles. The number of morpholine rings is 1. The zero-order chi connectivity index (χ0) is 14.4. The number of nitrogens with one attached hydrogen (secondary N) is 1. The maximum Gasteiger partial charge on any atom is 0.222 e. The van der Waals surface area contributed by atoms with E-state index in [4.69, 9.17) is 4.74 Å². The molecule has 1 unspecified atom stereocenters. The quantitative estimate of drug-likeness (QED) is 0.879. The van der Waals surface area contributed by atoms with Crippen molar-refractivity contribution in [1.29, 1.82) is 0 Å². The minimum atomic E-state index is 0.00855. The van der Waals surface area contributed by atoms with Crippen LogP contribution in [0.2, 0.25) is 0 Å². The minimum absolute atomic E-state index is 0.00855. The molecule has 110 valence electrons. The Bertz CT molecular complexity index is 416. The standard InChI is InChI=1S/C15H23N3O2/c1-12(2)15(19)17-11-14(13-4-3-5-16-10-13)18-6-8-20-9-7-18/h3-5,10,12,14H,6-9,11H2,1-2H3,(H,17,19). The summed E-state index contributed by atoms with van der Waals surface area (Å²) in [5.74, 6) is 0.0985. The number of ether oxygens (including phenoxy) is 1. The monoisotopic (exact) mass is 277 g/mol. The van der Waals surface area contributed by atoms with Crippen LogP contribution in [0, 0.1) is 5.92 Å². The van der Waals surface area contributed by atoms with Gasteiger partial charge in [0.1, 0.15) is 0 Å². The van der Waals surface area contributed by atoms with E-state index in [9.17, 15) is 4.79 Å². The first-order valence-corrected chi connectivity index (χ1v) is 7.18. The van der Waals surface area contributed by atoms with E-state index in [1.165, 1.54) is 0 Å². The van der Waals surface area contributed by atoms with Crippen molar-refractivity contribution in [2.45, 2.75) is 19.9 Å². The molecule has 5 nitrogen and oxygen atoms in total. The van der Waals surface area contributed by atoms with Crippen LogP contribution in [0.25, 0.3) is 0 Å². The summed E-state index contributed by atoms with van der Waals surface area (Å²) < 4.78 is 5.40. The molecule has 1 aliphatic rings. The van der Waals surface area contributed by atoms with Gasteiger partial charge in [0, 0.05) is 37.9 Å². The lowest BCUT2D eigenvalue weighted by Crippen LogP contribution is -2.44. The first-order valence-electron chi connectivity index (χ1n) is 7.18. The van der Waals surface area contributed by atoms with E-state index in [1.807, 2.05) is 26.1 Å². The number of hydrogen-bond acceptors (Lipinski definition) is 4. The summed E-state index contributed by atoms with van der Waals surface area (Å²) >= 11 is 0. The van der Waals surface area contributed by atoms with Crippen molar-refractivity contribution in [2.24, 2.45) is 5.92 Å². The molecule has 0 bridgehead atoms. The smallest absolute Gasteiger partial charge is 0.222 e. The van der Waals surface area contributed by atoms with Gasteiger partial charge in [0.2, 0.25) is 5.91 Å². The lowest BCUT2D eigenvalue weighted by atomic mass is 10.1. The van der Waals surface area contributed by atoms with Crippen LogP contribution in [0.15, 0.2) is 24.5 Å². The Morgan fingerprint density at radius 3 is 2.80 bits per heavy atom. The number of amides is 1. The van der Waals surface area contributed by atoms with Crippen LogP contribution in [0.3, 0.4) is 0 Å². The number of nitrogens with zero attached hydrogens (tertiary/aromatic N) is 2. The van der Waals surface area contributed by atoms with E-state index in [2.05, 4.69) is 21.3 Å². The van der Waals surface area contributed by atoms with Crippen LogP contribution < -0.4 is 5.32 Å². The van der Waals surface area contributed by atoms with Gasteiger partial charge >= 0.3 is 0 Å². The fourth-order valence-electron chi connectivity index (χ4n) is 2.32. The Morgan fingerprint density at radius 1 is 1.45 bits per heavy atom. The van der Waals surface area contributed by atoms with Gasteiger partial charge in [-0.05, 0) is 11.6 Å². The summed E-state index contributed by atoms with van der Waals surface area (Å²) in [6, 6.07) is 4.16. The molecule has 1 atom stereocenters. The molecule has 0 aliphatic carbocycles. The van der Waals surface area contributed by atoms with Crippen molar-refractivity contribution in [1.82, 2.24) is 15.2 Å². The van der Waals surface area contributed by atoms with Crippen LogP contribution >= 0.6 is 0 Å². The van der Waals surface area contributed by atoms with Crippen molar-refractivity contribution < 1.29 is 9.53 Å². The maximum absolute atomic E-state index is 11.8. The third-order valence-electron chi connectivity index (χ3n) is 3.55. The second-order valence-corrected chi connectivity index (χ2v) is 5.35. The molecule has 0 aromatic carbocycles. The number of pyridine rings is 1. The lowest BCUT2D eigenvalue weighted by molar-refractivity contribution is -0.124. The Hall–Kier alpha value is -1.46. The number of carbonyl (C=O) groups excluding carboxylic acids is 1. The molecule has 20 heavy (non-hydrogen) atoms.